The van der Waals surface area contributed by atoms with Crippen LogP contribution >= 0.6 is 0 Å². The average Bonchev–Trinajstić information content (AvgIpc) is 2.31. The van der Waals surface area contributed by atoms with Crippen molar-refractivity contribution in [1.29, 1.82) is 0 Å². The Kier molecular flexibility index (Phi) is 1.71. The van der Waals surface area contributed by atoms with Crippen LogP contribution in [0.2, 0.25) is 0 Å². The van der Waals surface area contributed by atoms with E-state index in [9.17, 15) is 4.79 Å². The van der Waals surface area contributed by atoms with Crippen LogP contribution in [0.3, 0.4) is 0 Å². The first kappa shape index (κ1) is 9.00. The SMILES string of the molecule is CC1(C)CN[C@]2(C)CCC(=O)N2C1. The van der Waals surface area contributed by atoms with Crippen LogP contribution in [0.25, 0.3) is 0 Å². The summed E-state index contributed by atoms with van der Waals surface area (Å²) in [5.74, 6) is 0.308. The van der Waals surface area contributed by atoms with E-state index in [1.54, 1.807) is 0 Å². The molecule has 0 bridgehead atoms. The zero-order valence-electron chi connectivity index (χ0n) is 8.68. The first-order valence-corrected chi connectivity index (χ1v) is 4.99. The molecule has 0 saturated carbocycles. The third kappa shape index (κ3) is 1.35. The summed E-state index contributed by atoms with van der Waals surface area (Å²) in [6, 6.07) is 0. The molecule has 2 aliphatic heterocycles. The van der Waals surface area contributed by atoms with Crippen LogP contribution in [0.5, 0.6) is 0 Å². The molecule has 0 radical (unpaired) electrons. The van der Waals surface area contributed by atoms with Gasteiger partial charge < -0.3 is 4.90 Å². The lowest BCUT2D eigenvalue weighted by molar-refractivity contribution is -0.136. The number of hydrogen-bond donors (Lipinski definition) is 1. The molecule has 13 heavy (non-hydrogen) atoms. The summed E-state index contributed by atoms with van der Waals surface area (Å²) in [6.45, 7) is 8.44. The topological polar surface area (TPSA) is 32.3 Å². The largest absolute Gasteiger partial charge is 0.324 e. The number of fused-ring (bicyclic) bond motifs is 1. The molecule has 3 heteroatoms. The second-order valence-electron chi connectivity index (χ2n) is 5.27. The van der Waals surface area contributed by atoms with E-state index in [-0.39, 0.29) is 11.1 Å². The maximum absolute atomic E-state index is 11.6. The van der Waals surface area contributed by atoms with Gasteiger partial charge in [-0.15, -0.1) is 0 Å². The van der Waals surface area contributed by atoms with Gasteiger partial charge in [0.1, 0.15) is 0 Å². The third-order valence-corrected chi connectivity index (χ3v) is 3.26. The fourth-order valence-corrected chi connectivity index (χ4v) is 2.26. The Balaban J connectivity index is 2.22. The van der Waals surface area contributed by atoms with Gasteiger partial charge in [-0.2, -0.15) is 0 Å². The summed E-state index contributed by atoms with van der Waals surface area (Å²) in [5, 5.41) is 3.48. The van der Waals surface area contributed by atoms with Gasteiger partial charge in [0.05, 0.1) is 5.66 Å². The van der Waals surface area contributed by atoms with Crippen molar-refractivity contribution in [3.63, 3.8) is 0 Å². The first-order valence-electron chi connectivity index (χ1n) is 4.99. The molecular weight excluding hydrogens is 164 g/mol. The van der Waals surface area contributed by atoms with Crippen LogP contribution in [0.15, 0.2) is 0 Å². The van der Waals surface area contributed by atoms with Crippen molar-refractivity contribution in [2.45, 2.75) is 39.3 Å². The fourth-order valence-electron chi connectivity index (χ4n) is 2.26. The highest BCUT2D eigenvalue weighted by Gasteiger charge is 2.47. The molecule has 1 N–H and O–H groups in total. The standard InChI is InChI=1S/C10H18N2O/c1-9(2)6-11-10(3)5-4-8(13)12(10)7-9/h11H,4-7H2,1-3H3/t10-/m0/s1. The summed E-state index contributed by atoms with van der Waals surface area (Å²) in [6.07, 6.45) is 1.67. The minimum Gasteiger partial charge on any atom is -0.324 e. The van der Waals surface area contributed by atoms with Gasteiger partial charge in [0, 0.05) is 19.5 Å². The Labute approximate surface area is 79.5 Å². The van der Waals surface area contributed by atoms with Crippen LogP contribution in [0.4, 0.5) is 0 Å². The van der Waals surface area contributed by atoms with E-state index in [0.717, 1.165) is 19.5 Å². The monoisotopic (exact) mass is 182 g/mol. The van der Waals surface area contributed by atoms with Crippen molar-refractivity contribution in [1.82, 2.24) is 10.2 Å². The Bertz CT molecular complexity index is 249. The Morgan fingerprint density at radius 2 is 2.08 bits per heavy atom. The van der Waals surface area contributed by atoms with Crippen molar-refractivity contribution < 1.29 is 4.79 Å². The van der Waals surface area contributed by atoms with Gasteiger partial charge in [-0.3, -0.25) is 10.1 Å². The highest BCUT2D eigenvalue weighted by molar-refractivity contribution is 5.79. The van der Waals surface area contributed by atoms with Crippen LogP contribution in [-0.2, 0) is 4.79 Å². The first-order chi connectivity index (χ1) is 5.93. The number of carbonyl (C=O) groups is 1. The van der Waals surface area contributed by atoms with E-state index in [1.807, 2.05) is 4.90 Å². The zero-order chi connectivity index (χ0) is 9.69. The second-order valence-corrected chi connectivity index (χ2v) is 5.27. The molecule has 0 aromatic heterocycles. The van der Waals surface area contributed by atoms with Crippen molar-refractivity contribution in [3.05, 3.63) is 0 Å². The van der Waals surface area contributed by atoms with E-state index in [4.69, 9.17) is 0 Å². The van der Waals surface area contributed by atoms with E-state index >= 15 is 0 Å². The fraction of sp³-hybridized carbons (Fsp3) is 0.900. The van der Waals surface area contributed by atoms with Crippen LogP contribution in [-0.4, -0.2) is 29.6 Å². The van der Waals surface area contributed by atoms with Gasteiger partial charge in [0.15, 0.2) is 0 Å². The lowest BCUT2D eigenvalue weighted by Gasteiger charge is -2.47. The number of amides is 1. The molecule has 2 fully saturated rings. The van der Waals surface area contributed by atoms with E-state index in [2.05, 4.69) is 26.1 Å². The molecule has 2 saturated heterocycles. The van der Waals surface area contributed by atoms with Gasteiger partial charge in [-0.25, -0.2) is 0 Å². The van der Waals surface area contributed by atoms with Gasteiger partial charge in [-0.05, 0) is 18.8 Å². The lowest BCUT2D eigenvalue weighted by atomic mass is 9.88. The van der Waals surface area contributed by atoms with E-state index in [0.29, 0.717) is 12.3 Å². The van der Waals surface area contributed by atoms with Gasteiger partial charge in [0.2, 0.25) is 5.91 Å². The molecule has 0 spiro atoms. The summed E-state index contributed by atoms with van der Waals surface area (Å²) in [5.41, 5.74) is 0.173. The zero-order valence-corrected chi connectivity index (χ0v) is 8.68. The molecule has 0 aromatic rings. The summed E-state index contributed by atoms with van der Waals surface area (Å²) < 4.78 is 0. The number of nitrogens with one attached hydrogen (secondary N) is 1. The highest BCUT2D eigenvalue weighted by Crippen LogP contribution is 2.35. The molecular formula is C10H18N2O. The third-order valence-electron chi connectivity index (χ3n) is 3.26. The molecule has 2 aliphatic rings. The van der Waals surface area contributed by atoms with Crippen molar-refractivity contribution >= 4 is 5.91 Å². The molecule has 0 aliphatic carbocycles. The molecule has 0 aromatic carbocycles. The predicted molar refractivity (Wildman–Crippen MR) is 51.1 cm³/mol. The maximum atomic E-state index is 11.6. The molecule has 1 amide bonds. The van der Waals surface area contributed by atoms with Gasteiger partial charge in [0.25, 0.3) is 0 Å². The smallest absolute Gasteiger partial charge is 0.224 e. The van der Waals surface area contributed by atoms with Crippen molar-refractivity contribution in [2.24, 2.45) is 5.41 Å². The molecule has 3 nitrogen and oxygen atoms in total. The van der Waals surface area contributed by atoms with Gasteiger partial charge in [-0.1, -0.05) is 13.8 Å². The normalized spacial score (nSPS) is 37.8. The van der Waals surface area contributed by atoms with Crippen molar-refractivity contribution in [2.75, 3.05) is 13.1 Å². The van der Waals surface area contributed by atoms with Crippen LogP contribution < -0.4 is 5.32 Å². The van der Waals surface area contributed by atoms with Gasteiger partial charge >= 0.3 is 0 Å². The molecule has 1 atom stereocenters. The quantitative estimate of drug-likeness (QED) is 0.605. The molecule has 2 rings (SSSR count). The minimum atomic E-state index is -0.0490. The Morgan fingerprint density at radius 3 is 2.77 bits per heavy atom. The minimum absolute atomic E-state index is 0.0490. The van der Waals surface area contributed by atoms with Crippen LogP contribution in [0, 0.1) is 5.41 Å². The highest BCUT2D eigenvalue weighted by atomic mass is 16.2. The van der Waals surface area contributed by atoms with Crippen LogP contribution in [0.1, 0.15) is 33.6 Å². The number of hydrogen-bond acceptors (Lipinski definition) is 2. The second kappa shape index (κ2) is 2.47. The maximum Gasteiger partial charge on any atom is 0.224 e. The average molecular weight is 182 g/mol. The van der Waals surface area contributed by atoms with E-state index in [1.165, 1.54) is 0 Å². The predicted octanol–water partition coefficient (Wildman–Crippen LogP) is 0.954. The summed E-state index contributed by atoms with van der Waals surface area (Å²) in [4.78, 5) is 13.6. The van der Waals surface area contributed by atoms with Crippen molar-refractivity contribution in [3.8, 4) is 0 Å². The summed E-state index contributed by atoms with van der Waals surface area (Å²) in [7, 11) is 0. The molecule has 2 heterocycles. The number of nitrogens with zero attached hydrogens (tertiary/aromatic N) is 1. The Morgan fingerprint density at radius 1 is 1.38 bits per heavy atom. The van der Waals surface area contributed by atoms with E-state index < -0.39 is 0 Å². The number of carbonyl (C=O) groups excluding carboxylic acids is 1. The molecule has 74 valence electrons. The number of rotatable bonds is 0. The summed E-state index contributed by atoms with van der Waals surface area (Å²) >= 11 is 0. The molecule has 0 unspecified atom stereocenters. The lowest BCUT2D eigenvalue weighted by Crippen LogP contribution is -2.63. The Hall–Kier alpha value is -0.570.